The van der Waals surface area contributed by atoms with Crippen LogP contribution in [-0.4, -0.2) is 14.5 Å². The average Bonchev–Trinajstić information content (AvgIpc) is 4.13. The van der Waals surface area contributed by atoms with Gasteiger partial charge in [0.15, 0.2) is 5.82 Å². The molecule has 0 amide bonds. The maximum atomic E-state index is 5.71. The lowest BCUT2D eigenvalue weighted by Gasteiger charge is -2.34. The van der Waals surface area contributed by atoms with Crippen LogP contribution < -0.4 is 0 Å². The van der Waals surface area contributed by atoms with E-state index in [1.54, 1.807) is 0 Å². The smallest absolute Gasteiger partial charge is 0.160 e. The predicted octanol–water partition coefficient (Wildman–Crippen LogP) is 19.7. The van der Waals surface area contributed by atoms with E-state index in [0.717, 1.165) is 61.5 Å². The molecule has 15 aromatic rings. The van der Waals surface area contributed by atoms with Crippen LogP contribution in [0, 0.1) is 0 Å². The molecule has 3 nitrogen and oxygen atoms in total. The van der Waals surface area contributed by atoms with Gasteiger partial charge in [-0.15, -0.1) is 0 Å². The molecular formula is C77H49N3. The molecule has 0 N–H and O–H groups in total. The number of hydrogen-bond donors (Lipinski definition) is 0. The summed E-state index contributed by atoms with van der Waals surface area (Å²) in [5, 5.41) is 9.85. The number of rotatable bonds is 8. The standard InChI is InChI=1S/C77H49N3/c1-5-21-50(22-6-1)53-38-42-68-67-34-18-20-36-74(67)80(75(68)48-53)59-44-55(52-37-40-64-62-31-14-13-29-60(62)61-30-15-16-32-63(61)69(64)46-52)43-56(45-59)76-78-72(51-23-7-2-8-24-51)49-73(79-76)54-39-41-66-65-33-17-19-35-70(65)77(71(66)47-54,57-25-9-3-10-26-57)58-27-11-4-12-28-58/h1-49H. The normalized spacial score (nSPS) is 12.6. The van der Waals surface area contributed by atoms with Crippen LogP contribution in [0.25, 0.3) is 127 Å². The topological polar surface area (TPSA) is 30.7 Å². The van der Waals surface area contributed by atoms with Crippen molar-refractivity contribution < 1.29 is 0 Å². The molecule has 372 valence electrons. The van der Waals surface area contributed by atoms with Gasteiger partial charge in [0, 0.05) is 33.2 Å². The molecule has 0 aliphatic heterocycles. The van der Waals surface area contributed by atoms with Crippen LogP contribution in [0.15, 0.2) is 297 Å². The largest absolute Gasteiger partial charge is 0.309 e. The zero-order valence-electron chi connectivity index (χ0n) is 43.6. The van der Waals surface area contributed by atoms with Crippen LogP contribution in [0.4, 0.5) is 0 Å². The van der Waals surface area contributed by atoms with Gasteiger partial charge in [0.25, 0.3) is 0 Å². The molecule has 0 bridgehead atoms. The molecule has 80 heavy (non-hydrogen) atoms. The molecule has 0 saturated carbocycles. The summed E-state index contributed by atoms with van der Waals surface area (Å²) < 4.78 is 2.45. The monoisotopic (exact) mass is 1020 g/mol. The predicted molar refractivity (Wildman–Crippen MR) is 333 cm³/mol. The van der Waals surface area contributed by atoms with Crippen molar-refractivity contribution in [2.75, 3.05) is 0 Å². The summed E-state index contributed by atoms with van der Waals surface area (Å²) in [5.74, 6) is 0.647. The van der Waals surface area contributed by atoms with Crippen molar-refractivity contribution in [1.29, 1.82) is 0 Å². The number of aromatic nitrogens is 3. The van der Waals surface area contributed by atoms with E-state index in [1.807, 2.05) is 0 Å². The second-order valence-electron chi connectivity index (χ2n) is 21.2. The van der Waals surface area contributed by atoms with Crippen LogP contribution in [-0.2, 0) is 5.41 Å². The minimum Gasteiger partial charge on any atom is -0.309 e. The van der Waals surface area contributed by atoms with Crippen molar-refractivity contribution in [3.8, 4) is 73.0 Å². The first-order chi connectivity index (χ1) is 39.7. The molecule has 0 saturated heterocycles. The van der Waals surface area contributed by atoms with Crippen molar-refractivity contribution in [3.63, 3.8) is 0 Å². The molecule has 13 aromatic carbocycles. The van der Waals surface area contributed by atoms with Gasteiger partial charge in [-0.25, -0.2) is 9.97 Å². The Morgan fingerprint density at radius 3 is 1.40 bits per heavy atom. The third-order valence-electron chi connectivity index (χ3n) is 16.8. The van der Waals surface area contributed by atoms with Gasteiger partial charge in [-0.3, -0.25) is 0 Å². The Bertz CT molecular complexity index is 4850. The Labute approximate surface area is 464 Å². The maximum Gasteiger partial charge on any atom is 0.160 e. The number of nitrogens with zero attached hydrogens (tertiary/aromatic N) is 3. The van der Waals surface area contributed by atoms with Crippen molar-refractivity contribution in [2.45, 2.75) is 5.41 Å². The molecule has 16 rings (SSSR count). The SMILES string of the molecule is c1ccc(-c2ccc3c4ccccc4n(-c4cc(-c5ccc6c7ccccc7c7ccccc7c6c5)cc(-c5nc(-c6ccccc6)cc(-c6ccc7c(c6)C(c6ccccc6)(c6ccccc6)c6ccccc6-7)n5)c4)c3c2)cc1. The fourth-order valence-electron chi connectivity index (χ4n) is 13.3. The van der Waals surface area contributed by atoms with Crippen LogP contribution in [0.5, 0.6) is 0 Å². The fraction of sp³-hybridized carbons (Fsp3) is 0.0130. The van der Waals surface area contributed by atoms with Gasteiger partial charge >= 0.3 is 0 Å². The van der Waals surface area contributed by atoms with Crippen molar-refractivity contribution in [2.24, 2.45) is 0 Å². The maximum absolute atomic E-state index is 5.71. The number of para-hydroxylation sites is 1. The zero-order chi connectivity index (χ0) is 52.7. The number of fused-ring (bicyclic) bond motifs is 12. The van der Waals surface area contributed by atoms with E-state index in [0.29, 0.717) is 5.82 Å². The quantitative estimate of drug-likeness (QED) is 0.142. The lowest BCUT2D eigenvalue weighted by atomic mass is 9.67. The van der Waals surface area contributed by atoms with E-state index in [2.05, 4.69) is 302 Å². The van der Waals surface area contributed by atoms with Crippen molar-refractivity contribution >= 4 is 54.1 Å². The van der Waals surface area contributed by atoms with Gasteiger partial charge in [-0.2, -0.15) is 0 Å². The highest BCUT2D eigenvalue weighted by atomic mass is 15.0. The van der Waals surface area contributed by atoms with Crippen LogP contribution in [0.1, 0.15) is 22.3 Å². The molecule has 0 radical (unpaired) electrons. The fourth-order valence-corrected chi connectivity index (χ4v) is 13.3. The third kappa shape index (κ3) is 7.14. The number of benzene rings is 13. The highest BCUT2D eigenvalue weighted by molar-refractivity contribution is 6.25. The minimum absolute atomic E-state index is 0.564. The van der Waals surface area contributed by atoms with Gasteiger partial charge in [0.05, 0.1) is 27.8 Å². The second-order valence-corrected chi connectivity index (χ2v) is 21.2. The zero-order valence-corrected chi connectivity index (χ0v) is 43.6. The molecule has 0 spiro atoms. The lowest BCUT2D eigenvalue weighted by Crippen LogP contribution is -2.28. The Kier molecular flexibility index (Phi) is 10.5. The molecule has 3 heteroatoms. The summed E-state index contributed by atoms with van der Waals surface area (Å²) in [4.78, 5) is 11.3. The Morgan fingerprint density at radius 1 is 0.250 bits per heavy atom. The summed E-state index contributed by atoms with van der Waals surface area (Å²) in [5.41, 5.74) is 19.3. The molecule has 2 aromatic heterocycles. The van der Waals surface area contributed by atoms with Gasteiger partial charge in [-0.05, 0) is 136 Å². The summed E-state index contributed by atoms with van der Waals surface area (Å²) in [7, 11) is 0. The average molecular weight is 1020 g/mol. The van der Waals surface area contributed by atoms with E-state index < -0.39 is 5.41 Å². The van der Waals surface area contributed by atoms with Crippen molar-refractivity contribution in [3.05, 3.63) is 320 Å². The lowest BCUT2D eigenvalue weighted by molar-refractivity contribution is 0.768. The molecule has 0 fully saturated rings. The number of hydrogen-bond acceptors (Lipinski definition) is 2. The van der Waals surface area contributed by atoms with E-state index in [4.69, 9.17) is 9.97 Å². The highest BCUT2D eigenvalue weighted by Gasteiger charge is 2.46. The van der Waals surface area contributed by atoms with E-state index >= 15 is 0 Å². The van der Waals surface area contributed by atoms with Crippen LogP contribution in [0.2, 0.25) is 0 Å². The molecule has 0 unspecified atom stereocenters. The molecule has 0 atom stereocenters. The second kappa shape index (κ2) is 18.3. The third-order valence-corrected chi connectivity index (χ3v) is 16.8. The molecular weight excluding hydrogens is 967 g/mol. The van der Waals surface area contributed by atoms with E-state index in [1.165, 1.54) is 82.0 Å². The summed E-state index contributed by atoms with van der Waals surface area (Å²) in [6, 6.07) is 109. The Morgan fingerprint density at radius 2 is 0.725 bits per heavy atom. The van der Waals surface area contributed by atoms with E-state index in [-0.39, 0.29) is 0 Å². The van der Waals surface area contributed by atoms with Gasteiger partial charge in [0.1, 0.15) is 0 Å². The van der Waals surface area contributed by atoms with Gasteiger partial charge in [-0.1, -0.05) is 249 Å². The molecule has 1 aliphatic rings. The first kappa shape index (κ1) is 45.7. The van der Waals surface area contributed by atoms with Crippen molar-refractivity contribution in [1.82, 2.24) is 14.5 Å². The Balaban J connectivity index is 0.961. The highest BCUT2D eigenvalue weighted by Crippen LogP contribution is 2.57. The first-order valence-corrected chi connectivity index (χ1v) is 27.5. The molecule has 1 aliphatic carbocycles. The Hall–Kier alpha value is -10.5. The molecule has 2 heterocycles. The minimum atomic E-state index is -0.564. The summed E-state index contributed by atoms with van der Waals surface area (Å²) in [6.45, 7) is 0. The first-order valence-electron chi connectivity index (χ1n) is 27.5. The van der Waals surface area contributed by atoms with E-state index in [9.17, 15) is 0 Å². The summed E-state index contributed by atoms with van der Waals surface area (Å²) in [6.07, 6.45) is 0. The summed E-state index contributed by atoms with van der Waals surface area (Å²) >= 11 is 0. The van der Waals surface area contributed by atoms with Gasteiger partial charge < -0.3 is 4.57 Å². The van der Waals surface area contributed by atoms with Crippen LogP contribution >= 0.6 is 0 Å². The van der Waals surface area contributed by atoms with Crippen LogP contribution in [0.3, 0.4) is 0 Å². The van der Waals surface area contributed by atoms with Gasteiger partial charge in [0.2, 0.25) is 0 Å².